The molecule has 0 spiro atoms. The Morgan fingerprint density at radius 3 is 2.54 bits per heavy atom. The van der Waals surface area contributed by atoms with Crippen LogP contribution in [0.3, 0.4) is 0 Å². The molecule has 0 bridgehead atoms. The topological polar surface area (TPSA) is 152 Å². The van der Waals surface area contributed by atoms with Gasteiger partial charge in [-0.25, -0.2) is 24.1 Å². The Bertz CT molecular complexity index is 1550. The van der Waals surface area contributed by atoms with E-state index in [9.17, 15) is 19.5 Å². The standard InChI is InChI=1S/C25H27N5O7/c1-14(2)37-18(20-17(35-5)7-6-10-26-20)13-29-16-9-8-15(21-27-11-12-36-21)28-19(16)22(31)30(24(29)34)25(3,4)23(32)33/h6-12,14,18H,13H2,1-5H3,(H,32,33)/t18-/m0/s1. The molecule has 0 aliphatic heterocycles. The molecule has 0 radical (unpaired) electrons. The number of oxazole rings is 1. The van der Waals surface area contributed by atoms with Crippen LogP contribution in [0.2, 0.25) is 0 Å². The van der Waals surface area contributed by atoms with Crippen molar-refractivity contribution in [3.8, 4) is 17.3 Å². The monoisotopic (exact) mass is 509 g/mol. The first kappa shape index (κ1) is 25.8. The number of nitrogens with zero attached hydrogens (tertiary/aromatic N) is 5. The van der Waals surface area contributed by atoms with Crippen LogP contribution in [0.5, 0.6) is 5.75 Å². The average molecular weight is 510 g/mol. The van der Waals surface area contributed by atoms with Gasteiger partial charge in [-0.3, -0.25) is 14.3 Å². The van der Waals surface area contributed by atoms with Crippen LogP contribution in [0.1, 0.15) is 39.5 Å². The molecule has 1 N–H and O–H groups in total. The molecule has 37 heavy (non-hydrogen) atoms. The third-order valence-corrected chi connectivity index (χ3v) is 5.84. The minimum absolute atomic E-state index is 0.100. The third-order valence-electron chi connectivity index (χ3n) is 5.84. The van der Waals surface area contributed by atoms with E-state index in [1.165, 1.54) is 38.0 Å². The summed E-state index contributed by atoms with van der Waals surface area (Å²) in [6.45, 7) is 6.12. The van der Waals surface area contributed by atoms with E-state index in [0.29, 0.717) is 16.0 Å². The zero-order valence-electron chi connectivity index (χ0n) is 21.0. The van der Waals surface area contributed by atoms with Crippen molar-refractivity contribution in [2.24, 2.45) is 0 Å². The number of hydrogen-bond donors (Lipinski definition) is 1. The lowest BCUT2D eigenvalue weighted by Crippen LogP contribution is -2.53. The van der Waals surface area contributed by atoms with Crippen molar-refractivity contribution in [1.29, 1.82) is 0 Å². The van der Waals surface area contributed by atoms with Gasteiger partial charge in [-0.1, -0.05) is 0 Å². The Hall–Kier alpha value is -4.32. The molecule has 12 heteroatoms. The molecule has 4 rings (SSSR count). The van der Waals surface area contributed by atoms with Crippen molar-refractivity contribution in [2.75, 3.05) is 7.11 Å². The summed E-state index contributed by atoms with van der Waals surface area (Å²) in [4.78, 5) is 52.3. The summed E-state index contributed by atoms with van der Waals surface area (Å²) in [5.41, 5.74) is -2.80. The third kappa shape index (κ3) is 4.75. The predicted octanol–water partition coefficient (Wildman–Crippen LogP) is 2.60. The minimum Gasteiger partial charge on any atom is -0.495 e. The fourth-order valence-corrected chi connectivity index (χ4v) is 3.98. The van der Waals surface area contributed by atoms with Crippen molar-refractivity contribution in [3.05, 3.63) is 69.5 Å². The lowest BCUT2D eigenvalue weighted by molar-refractivity contribution is -0.146. The number of pyridine rings is 2. The van der Waals surface area contributed by atoms with Crippen LogP contribution < -0.4 is 16.0 Å². The maximum absolute atomic E-state index is 13.8. The number of carbonyl (C=O) groups is 1. The fraction of sp³-hybridized carbons (Fsp3) is 0.360. The number of ether oxygens (including phenoxy) is 2. The molecule has 0 unspecified atom stereocenters. The second-order valence-corrected chi connectivity index (χ2v) is 9.06. The van der Waals surface area contributed by atoms with Gasteiger partial charge in [-0.05, 0) is 52.0 Å². The maximum Gasteiger partial charge on any atom is 0.332 e. The van der Waals surface area contributed by atoms with Crippen LogP contribution >= 0.6 is 0 Å². The molecule has 0 fully saturated rings. The SMILES string of the molecule is COc1cccnc1[C@H](Cn1c(=O)n(C(C)(C)C(=O)O)c(=O)c2nc(-c3ncco3)ccc21)OC(C)C. The summed E-state index contributed by atoms with van der Waals surface area (Å²) in [5, 5.41) is 9.85. The largest absolute Gasteiger partial charge is 0.495 e. The Labute approximate surface area is 211 Å². The smallest absolute Gasteiger partial charge is 0.332 e. The first-order valence-corrected chi connectivity index (χ1v) is 11.5. The highest BCUT2D eigenvalue weighted by molar-refractivity contribution is 5.79. The quantitative estimate of drug-likeness (QED) is 0.356. The summed E-state index contributed by atoms with van der Waals surface area (Å²) in [6, 6.07) is 6.54. The Kier molecular flexibility index (Phi) is 6.94. The summed E-state index contributed by atoms with van der Waals surface area (Å²) >= 11 is 0. The van der Waals surface area contributed by atoms with Crippen LogP contribution in [-0.2, 0) is 21.6 Å². The average Bonchev–Trinajstić information content (AvgIpc) is 3.40. The van der Waals surface area contributed by atoms with E-state index in [1.807, 2.05) is 13.8 Å². The van der Waals surface area contributed by atoms with Crippen LogP contribution in [0.4, 0.5) is 0 Å². The van der Waals surface area contributed by atoms with Gasteiger partial charge in [-0.15, -0.1) is 0 Å². The highest BCUT2D eigenvalue weighted by Crippen LogP contribution is 2.29. The second kappa shape index (κ2) is 9.97. The highest BCUT2D eigenvalue weighted by atomic mass is 16.5. The van der Waals surface area contributed by atoms with E-state index < -0.39 is 28.9 Å². The molecular weight excluding hydrogens is 482 g/mol. The maximum atomic E-state index is 13.8. The van der Waals surface area contributed by atoms with Gasteiger partial charge in [0.15, 0.2) is 5.52 Å². The van der Waals surface area contributed by atoms with Crippen molar-refractivity contribution in [1.82, 2.24) is 24.1 Å². The van der Waals surface area contributed by atoms with Gasteiger partial charge in [0, 0.05) is 6.20 Å². The summed E-state index contributed by atoms with van der Waals surface area (Å²) in [5.74, 6) is -0.737. The minimum atomic E-state index is -1.87. The van der Waals surface area contributed by atoms with Gasteiger partial charge in [-0.2, -0.15) is 0 Å². The van der Waals surface area contributed by atoms with E-state index in [-0.39, 0.29) is 35.3 Å². The zero-order chi connectivity index (χ0) is 26.9. The first-order valence-electron chi connectivity index (χ1n) is 11.5. The molecule has 0 aromatic carbocycles. The van der Waals surface area contributed by atoms with Gasteiger partial charge < -0.3 is 19.0 Å². The molecule has 4 aromatic rings. The molecule has 0 aliphatic rings. The lowest BCUT2D eigenvalue weighted by Gasteiger charge is -2.26. The first-order chi connectivity index (χ1) is 17.6. The summed E-state index contributed by atoms with van der Waals surface area (Å²) in [7, 11) is 1.50. The Morgan fingerprint density at radius 2 is 1.92 bits per heavy atom. The Morgan fingerprint density at radius 1 is 1.16 bits per heavy atom. The van der Waals surface area contributed by atoms with Crippen molar-refractivity contribution in [3.63, 3.8) is 0 Å². The number of aliphatic carboxylic acids is 1. The molecule has 0 aliphatic carbocycles. The summed E-state index contributed by atoms with van der Waals surface area (Å²) < 4.78 is 18.8. The van der Waals surface area contributed by atoms with Crippen molar-refractivity contribution < 1.29 is 23.8 Å². The molecule has 1 atom stereocenters. The van der Waals surface area contributed by atoms with E-state index >= 15 is 0 Å². The van der Waals surface area contributed by atoms with Gasteiger partial charge in [0.25, 0.3) is 5.56 Å². The molecule has 4 heterocycles. The van der Waals surface area contributed by atoms with Gasteiger partial charge in [0.2, 0.25) is 5.89 Å². The van der Waals surface area contributed by atoms with E-state index in [2.05, 4.69) is 15.0 Å². The highest BCUT2D eigenvalue weighted by Gasteiger charge is 2.35. The fourth-order valence-electron chi connectivity index (χ4n) is 3.98. The number of hydrogen-bond acceptors (Lipinski definition) is 9. The zero-order valence-corrected chi connectivity index (χ0v) is 21.0. The number of carboxylic acids is 1. The van der Waals surface area contributed by atoms with Crippen LogP contribution in [0.15, 0.2) is 56.9 Å². The van der Waals surface area contributed by atoms with Crippen LogP contribution in [0, 0.1) is 0 Å². The van der Waals surface area contributed by atoms with Crippen LogP contribution in [-0.4, -0.2) is 48.4 Å². The van der Waals surface area contributed by atoms with Crippen molar-refractivity contribution in [2.45, 2.75) is 52.0 Å². The van der Waals surface area contributed by atoms with Gasteiger partial charge in [0.1, 0.15) is 35.0 Å². The summed E-state index contributed by atoms with van der Waals surface area (Å²) in [6.07, 6.45) is 3.34. The number of fused-ring (bicyclic) bond motifs is 1. The second-order valence-electron chi connectivity index (χ2n) is 9.06. The molecule has 194 valence electrons. The number of rotatable bonds is 9. The lowest BCUT2D eigenvalue weighted by atomic mass is 10.1. The number of carboxylic acid groups (broad SMARTS) is 1. The molecule has 4 aromatic heterocycles. The molecule has 0 amide bonds. The normalized spacial score (nSPS) is 12.7. The number of methoxy groups -OCH3 is 1. The molecule has 12 nitrogen and oxygen atoms in total. The number of aromatic nitrogens is 5. The van der Waals surface area contributed by atoms with Gasteiger partial charge >= 0.3 is 11.7 Å². The molecule has 0 saturated carbocycles. The van der Waals surface area contributed by atoms with E-state index in [1.54, 1.807) is 30.5 Å². The molecular formula is C25H27N5O7. The molecule has 0 saturated heterocycles. The van der Waals surface area contributed by atoms with Crippen molar-refractivity contribution >= 4 is 17.0 Å². The Balaban J connectivity index is 2.01. The van der Waals surface area contributed by atoms with E-state index in [0.717, 1.165) is 0 Å². The van der Waals surface area contributed by atoms with Crippen LogP contribution in [0.25, 0.3) is 22.6 Å². The van der Waals surface area contributed by atoms with Gasteiger partial charge in [0.05, 0.1) is 31.5 Å². The predicted molar refractivity (Wildman–Crippen MR) is 132 cm³/mol. The van der Waals surface area contributed by atoms with E-state index in [4.69, 9.17) is 13.9 Å².